The van der Waals surface area contributed by atoms with Gasteiger partial charge in [0.25, 0.3) is 11.8 Å². The summed E-state index contributed by atoms with van der Waals surface area (Å²) < 4.78 is 30.1. The second-order valence-corrected chi connectivity index (χ2v) is 10.1. The number of para-hydroxylation sites is 1. The lowest BCUT2D eigenvalue weighted by Crippen LogP contribution is -2.40. The molecule has 4 rings (SSSR count). The average Bonchev–Trinajstić information content (AvgIpc) is 3.39. The van der Waals surface area contributed by atoms with Crippen LogP contribution in [-0.2, 0) is 14.6 Å². The minimum absolute atomic E-state index is 0.0501. The lowest BCUT2D eigenvalue weighted by atomic mass is 10.2. The molecule has 2 amide bonds. The topological polar surface area (TPSA) is 158 Å². The van der Waals surface area contributed by atoms with Crippen molar-refractivity contribution < 1.29 is 22.7 Å². The molecule has 0 aliphatic carbocycles. The minimum Gasteiger partial charge on any atom is -0.481 e. The molecule has 1 aromatic carbocycles. The minimum atomic E-state index is -3.44. The first kappa shape index (κ1) is 29.9. The predicted molar refractivity (Wildman–Crippen MR) is 149 cm³/mol. The van der Waals surface area contributed by atoms with Crippen molar-refractivity contribution in [3.8, 4) is 23.1 Å². The number of rotatable bonds is 7. The van der Waals surface area contributed by atoms with Crippen molar-refractivity contribution in [2.24, 2.45) is 0 Å². The molecular weight excluding hydrogens is 558 g/mol. The highest BCUT2D eigenvalue weighted by Crippen LogP contribution is 2.27. The number of pyridine rings is 2. The second-order valence-electron chi connectivity index (χ2n) is 7.68. The fourth-order valence-electron chi connectivity index (χ4n) is 3.22. The maximum Gasteiger partial charge on any atom is 0.269 e. The third-order valence-corrected chi connectivity index (χ3v) is 6.48. The maximum atomic E-state index is 12.4. The van der Waals surface area contributed by atoms with Crippen LogP contribution in [-0.4, -0.2) is 58.3 Å². The number of carbonyl (C=O) groups excluding carboxylic acids is 2. The second kappa shape index (κ2) is 13.4. The summed E-state index contributed by atoms with van der Waals surface area (Å²) in [5, 5.41) is 8.69. The number of aromatic nitrogens is 5. The predicted octanol–water partition coefficient (Wildman–Crippen LogP) is 3.29. The Hall–Kier alpha value is -4.62. The van der Waals surface area contributed by atoms with Crippen LogP contribution in [0.5, 0.6) is 5.88 Å². The van der Waals surface area contributed by atoms with Crippen molar-refractivity contribution in [1.82, 2.24) is 35.6 Å². The highest BCUT2D eigenvalue weighted by Gasteiger charge is 2.18. The van der Waals surface area contributed by atoms with E-state index in [1.165, 1.54) is 49.8 Å². The van der Waals surface area contributed by atoms with Crippen LogP contribution in [0.1, 0.15) is 30.0 Å². The molecule has 4 aromatic rings. The van der Waals surface area contributed by atoms with Crippen LogP contribution in [0.15, 0.2) is 71.9 Å². The molecule has 0 aliphatic heterocycles. The molecule has 3 heterocycles. The SMILES string of the molecule is CC.COc1cc(C(=O)NNC(=O)/C=C/c2nnc(-c3ccc(S(C)(=O)=O)cn3)n2-c2ccccc2Cl)ccn1. The Bertz CT molecular complexity index is 1640. The lowest BCUT2D eigenvalue weighted by Gasteiger charge is -2.10. The molecule has 0 radical (unpaired) electrons. The molecule has 2 N–H and O–H groups in total. The molecule has 0 saturated carbocycles. The van der Waals surface area contributed by atoms with E-state index in [0.717, 1.165) is 12.3 Å². The van der Waals surface area contributed by atoms with Gasteiger partial charge in [0.05, 0.1) is 22.7 Å². The van der Waals surface area contributed by atoms with Crippen LogP contribution in [0.25, 0.3) is 23.3 Å². The van der Waals surface area contributed by atoms with Crippen molar-refractivity contribution in [2.45, 2.75) is 18.7 Å². The number of sulfone groups is 1. The van der Waals surface area contributed by atoms with Gasteiger partial charge in [-0.05, 0) is 36.4 Å². The molecule has 3 aromatic heterocycles. The van der Waals surface area contributed by atoms with Crippen molar-refractivity contribution in [2.75, 3.05) is 13.4 Å². The van der Waals surface area contributed by atoms with E-state index < -0.39 is 21.7 Å². The van der Waals surface area contributed by atoms with Crippen LogP contribution in [0, 0.1) is 0 Å². The molecule has 0 atom stereocenters. The van der Waals surface area contributed by atoms with Gasteiger partial charge in [-0.1, -0.05) is 37.6 Å². The first-order valence-electron chi connectivity index (χ1n) is 11.8. The molecule has 0 unspecified atom stereocenters. The third kappa shape index (κ3) is 7.27. The van der Waals surface area contributed by atoms with Gasteiger partial charge in [-0.3, -0.25) is 30.0 Å². The van der Waals surface area contributed by atoms with Crippen molar-refractivity contribution in [1.29, 1.82) is 0 Å². The smallest absolute Gasteiger partial charge is 0.269 e. The Morgan fingerprint density at radius 3 is 2.42 bits per heavy atom. The number of benzene rings is 1. The Balaban J connectivity index is 0.00000216. The van der Waals surface area contributed by atoms with E-state index in [0.29, 0.717) is 16.4 Å². The zero-order valence-corrected chi connectivity index (χ0v) is 23.6. The Kier molecular flexibility index (Phi) is 10.1. The first-order chi connectivity index (χ1) is 19.2. The van der Waals surface area contributed by atoms with Crippen molar-refractivity contribution in [3.63, 3.8) is 0 Å². The Morgan fingerprint density at radius 1 is 1.02 bits per heavy atom. The number of hydrogen-bond donors (Lipinski definition) is 2. The molecule has 208 valence electrons. The molecule has 0 saturated heterocycles. The number of carbonyl (C=O) groups is 2. The van der Waals surface area contributed by atoms with E-state index in [2.05, 4.69) is 31.0 Å². The van der Waals surface area contributed by atoms with E-state index in [1.807, 2.05) is 13.8 Å². The quantitative estimate of drug-likeness (QED) is 0.246. The molecule has 0 bridgehead atoms. The average molecular weight is 584 g/mol. The normalized spacial score (nSPS) is 10.9. The van der Waals surface area contributed by atoms with E-state index in [9.17, 15) is 18.0 Å². The van der Waals surface area contributed by atoms with Gasteiger partial charge in [0, 0.05) is 36.4 Å². The highest BCUT2D eigenvalue weighted by molar-refractivity contribution is 7.90. The molecule has 0 fully saturated rings. The Labute approximate surface area is 236 Å². The molecule has 12 nitrogen and oxygen atoms in total. The highest BCUT2D eigenvalue weighted by atomic mass is 35.5. The number of hydrogen-bond acceptors (Lipinski definition) is 9. The Morgan fingerprint density at radius 2 is 1.77 bits per heavy atom. The molecule has 14 heteroatoms. The van der Waals surface area contributed by atoms with E-state index in [4.69, 9.17) is 16.3 Å². The molecule has 0 spiro atoms. The third-order valence-electron chi connectivity index (χ3n) is 5.06. The number of amides is 2. The summed E-state index contributed by atoms with van der Waals surface area (Å²) >= 11 is 6.42. The van der Waals surface area contributed by atoms with Crippen LogP contribution in [0.4, 0.5) is 0 Å². The van der Waals surface area contributed by atoms with E-state index in [1.54, 1.807) is 28.8 Å². The number of halogens is 1. The summed E-state index contributed by atoms with van der Waals surface area (Å²) in [5.41, 5.74) is 5.64. The number of hydrazine groups is 1. The standard InChI is InChI=1S/C24H20ClN7O5S.C2H6/c1-37-22-13-15(11-12-26-22)24(34)31-29-21(33)10-9-20-28-30-23(32(20)19-6-4-3-5-17(19)25)18-8-7-16(14-27-18)38(2,35)36;1-2/h3-14H,1-2H3,(H,29,33)(H,31,34);1-2H3/b10-9+;. The maximum absolute atomic E-state index is 12.4. The van der Waals surface area contributed by atoms with E-state index >= 15 is 0 Å². The van der Waals surface area contributed by atoms with Crippen molar-refractivity contribution >= 4 is 39.3 Å². The van der Waals surface area contributed by atoms with Gasteiger partial charge in [0.2, 0.25) is 5.88 Å². The number of methoxy groups -OCH3 is 1. The summed E-state index contributed by atoms with van der Waals surface area (Å²) in [4.78, 5) is 32.9. The van der Waals surface area contributed by atoms with Gasteiger partial charge >= 0.3 is 0 Å². The summed E-state index contributed by atoms with van der Waals surface area (Å²) in [5.74, 6) is -0.484. The summed E-state index contributed by atoms with van der Waals surface area (Å²) in [6, 6.07) is 12.7. The molecule has 40 heavy (non-hydrogen) atoms. The zero-order chi connectivity index (χ0) is 29.3. The van der Waals surface area contributed by atoms with Crippen LogP contribution in [0.2, 0.25) is 5.02 Å². The van der Waals surface area contributed by atoms with Gasteiger partial charge < -0.3 is 4.74 Å². The number of nitrogens with zero attached hydrogens (tertiary/aromatic N) is 5. The fourth-order valence-corrected chi connectivity index (χ4v) is 4.00. The van der Waals surface area contributed by atoms with Gasteiger partial charge in [-0.15, -0.1) is 10.2 Å². The monoisotopic (exact) mass is 583 g/mol. The molecular formula is C26H26ClN7O5S. The zero-order valence-electron chi connectivity index (χ0n) is 22.0. The number of ether oxygens (including phenoxy) is 1. The molecule has 0 aliphatic rings. The van der Waals surface area contributed by atoms with Crippen molar-refractivity contribution in [3.05, 3.63) is 83.4 Å². The van der Waals surface area contributed by atoms with Crippen LogP contribution < -0.4 is 15.6 Å². The summed E-state index contributed by atoms with van der Waals surface area (Å²) in [6.45, 7) is 4.00. The van der Waals surface area contributed by atoms with Gasteiger partial charge in [-0.25, -0.2) is 13.4 Å². The summed E-state index contributed by atoms with van der Waals surface area (Å²) in [6.07, 6.45) is 6.23. The lowest BCUT2D eigenvalue weighted by molar-refractivity contribution is -0.117. The fraction of sp³-hybridized carbons (Fsp3) is 0.154. The van der Waals surface area contributed by atoms with Gasteiger partial charge in [0.15, 0.2) is 21.5 Å². The summed E-state index contributed by atoms with van der Waals surface area (Å²) in [7, 11) is -2.02. The van der Waals surface area contributed by atoms with Gasteiger partial charge in [0.1, 0.15) is 5.69 Å². The van der Waals surface area contributed by atoms with Crippen LogP contribution >= 0.6 is 11.6 Å². The van der Waals surface area contributed by atoms with Gasteiger partial charge in [-0.2, -0.15) is 0 Å². The first-order valence-corrected chi connectivity index (χ1v) is 14.1. The largest absolute Gasteiger partial charge is 0.481 e. The van der Waals surface area contributed by atoms with Crippen LogP contribution in [0.3, 0.4) is 0 Å². The van der Waals surface area contributed by atoms with E-state index in [-0.39, 0.29) is 28.0 Å². The number of nitrogens with one attached hydrogen (secondary N) is 2.